The maximum atomic E-state index is 13.9. The van der Waals surface area contributed by atoms with E-state index in [1.165, 1.54) is 10.8 Å². The fraction of sp³-hybridized carbons (Fsp3) is 0.643. The first-order valence-electron chi connectivity index (χ1n) is 14.1. The SMILES string of the molecule is NC(CF)[C@H]1CC[C@H](C(=O)N2CC[C@@H](C3CCCCC3)[C@H]2C(=O)Nc2ccc3nc(C(=O)O)c(Cl)n3c2)CC1. The van der Waals surface area contributed by atoms with E-state index >= 15 is 0 Å². The third-order valence-corrected chi connectivity index (χ3v) is 9.55. The molecule has 2 aliphatic carbocycles. The Morgan fingerprint density at radius 1 is 1.10 bits per heavy atom. The fourth-order valence-electron chi connectivity index (χ4n) is 7.05. The lowest BCUT2D eigenvalue weighted by molar-refractivity contribution is -0.142. The number of aromatic carboxylic acids is 1. The quantitative estimate of drug-likeness (QED) is 0.455. The van der Waals surface area contributed by atoms with Gasteiger partial charge in [-0.2, -0.15) is 0 Å². The second-order valence-corrected chi connectivity index (χ2v) is 11.8. The molecule has 3 aliphatic rings. The monoisotopic (exact) mass is 561 g/mol. The average molecular weight is 562 g/mol. The Kier molecular flexibility index (Phi) is 8.42. The molecule has 0 bridgehead atoms. The summed E-state index contributed by atoms with van der Waals surface area (Å²) in [6, 6.07) is 2.21. The Bertz CT molecular complexity index is 1220. The van der Waals surface area contributed by atoms with Gasteiger partial charge < -0.3 is 21.1 Å². The minimum absolute atomic E-state index is 0.0138. The van der Waals surface area contributed by atoms with Crippen LogP contribution >= 0.6 is 11.6 Å². The van der Waals surface area contributed by atoms with Gasteiger partial charge in [-0.05, 0) is 62.0 Å². The molecule has 5 rings (SSSR count). The van der Waals surface area contributed by atoms with E-state index in [4.69, 9.17) is 17.3 Å². The van der Waals surface area contributed by atoms with Gasteiger partial charge in [-0.15, -0.1) is 0 Å². The van der Waals surface area contributed by atoms with Crippen LogP contribution < -0.4 is 11.1 Å². The Hall–Kier alpha value is -2.72. The number of rotatable bonds is 7. The van der Waals surface area contributed by atoms with E-state index in [9.17, 15) is 23.9 Å². The number of hydrogen-bond acceptors (Lipinski definition) is 5. The van der Waals surface area contributed by atoms with Crippen LogP contribution in [0.25, 0.3) is 5.65 Å². The van der Waals surface area contributed by atoms with Crippen LogP contribution in [0.2, 0.25) is 5.15 Å². The number of carboxylic acids is 1. The van der Waals surface area contributed by atoms with Crippen LogP contribution in [0.1, 0.15) is 74.7 Å². The number of pyridine rings is 1. The van der Waals surface area contributed by atoms with E-state index in [1.54, 1.807) is 23.2 Å². The molecule has 1 saturated heterocycles. The normalized spacial score (nSPS) is 27.0. The number of fused-ring (bicyclic) bond motifs is 1. The number of carbonyl (C=O) groups is 3. The van der Waals surface area contributed by atoms with Crippen molar-refractivity contribution in [3.8, 4) is 0 Å². The van der Waals surface area contributed by atoms with E-state index in [1.807, 2.05) is 0 Å². The van der Waals surface area contributed by atoms with Crippen molar-refractivity contribution in [2.24, 2.45) is 29.4 Å². The van der Waals surface area contributed by atoms with E-state index in [2.05, 4.69) is 10.3 Å². The van der Waals surface area contributed by atoms with E-state index < -0.39 is 24.7 Å². The minimum Gasteiger partial charge on any atom is -0.476 e. The molecule has 212 valence electrons. The predicted molar refractivity (Wildman–Crippen MR) is 145 cm³/mol. The first kappa shape index (κ1) is 27.8. The molecule has 0 aromatic carbocycles. The highest BCUT2D eigenvalue weighted by atomic mass is 35.5. The number of halogens is 2. The summed E-state index contributed by atoms with van der Waals surface area (Å²) in [5.74, 6) is -1.05. The number of likely N-dealkylation sites (tertiary alicyclic amines) is 1. The number of nitrogens with one attached hydrogen (secondary N) is 1. The Balaban J connectivity index is 1.36. The summed E-state index contributed by atoms with van der Waals surface area (Å²) >= 11 is 6.23. The van der Waals surface area contributed by atoms with Crippen LogP contribution in [0.15, 0.2) is 18.3 Å². The molecule has 4 N–H and O–H groups in total. The summed E-state index contributed by atoms with van der Waals surface area (Å²) in [6.45, 7) is 0.00474. The van der Waals surface area contributed by atoms with Gasteiger partial charge in [0.1, 0.15) is 23.5 Å². The van der Waals surface area contributed by atoms with Crippen molar-refractivity contribution in [3.05, 3.63) is 29.2 Å². The molecule has 3 atom stereocenters. The van der Waals surface area contributed by atoms with Gasteiger partial charge in [0.15, 0.2) is 5.69 Å². The lowest BCUT2D eigenvalue weighted by atomic mass is 9.76. The number of alkyl halides is 1. The van der Waals surface area contributed by atoms with Crippen LogP contribution in [0.3, 0.4) is 0 Å². The molecule has 9 nitrogen and oxygen atoms in total. The number of nitrogens with two attached hydrogens (primary N) is 1. The minimum atomic E-state index is -1.23. The lowest BCUT2D eigenvalue weighted by Crippen LogP contribution is -2.50. The second kappa shape index (κ2) is 11.8. The maximum Gasteiger partial charge on any atom is 0.357 e. The van der Waals surface area contributed by atoms with Crippen LogP contribution in [0.5, 0.6) is 0 Å². The highest BCUT2D eigenvalue weighted by Crippen LogP contribution is 2.41. The van der Waals surface area contributed by atoms with Gasteiger partial charge in [0.2, 0.25) is 11.8 Å². The summed E-state index contributed by atoms with van der Waals surface area (Å²) in [7, 11) is 0. The Labute approximate surface area is 232 Å². The first-order chi connectivity index (χ1) is 18.8. The van der Waals surface area contributed by atoms with Crippen molar-refractivity contribution >= 4 is 40.7 Å². The van der Waals surface area contributed by atoms with Crippen LogP contribution in [0, 0.1) is 23.7 Å². The van der Waals surface area contributed by atoms with Gasteiger partial charge in [0.25, 0.3) is 0 Å². The standard InChI is InChI=1S/C28H37ClFN5O4/c29-25-23(28(38)39)33-22-11-10-19(15-35(22)25)32-26(36)24-20(16-4-2-1-3-5-16)12-13-34(24)27(37)18-8-6-17(7-9-18)21(31)14-30/h10-11,15-18,20-21,24H,1-9,12-14,31H2,(H,32,36)(H,38,39)/t17-,18-,20-,21?,24-/m0/s1. The number of anilines is 1. The van der Waals surface area contributed by atoms with Crippen molar-refractivity contribution in [1.82, 2.24) is 14.3 Å². The molecule has 0 radical (unpaired) electrons. The number of amides is 2. The number of hydrogen-bond donors (Lipinski definition) is 3. The zero-order chi connectivity index (χ0) is 27.7. The van der Waals surface area contributed by atoms with Crippen molar-refractivity contribution in [1.29, 1.82) is 0 Å². The predicted octanol–water partition coefficient (Wildman–Crippen LogP) is 4.53. The summed E-state index contributed by atoms with van der Waals surface area (Å²) < 4.78 is 14.5. The van der Waals surface area contributed by atoms with Gasteiger partial charge in [-0.25, -0.2) is 14.2 Å². The first-order valence-corrected chi connectivity index (χ1v) is 14.5. The molecule has 3 heterocycles. The number of nitrogens with zero attached hydrogens (tertiary/aromatic N) is 3. The molecular weight excluding hydrogens is 525 g/mol. The van der Waals surface area contributed by atoms with Gasteiger partial charge in [0.05, 0.1) is 5.69 Å². The smallest absolute Gasteiger partial charge is 0.357 e. The third-order valence-electron chi connectivity index (χ3n) is 9.19. The zero-order valence-electron chi connectivity index (χ0n) is 22.0. The van der Waals surface area contributed by atoms with Crippen molar-refractivity contribution in [2.45, 2.75) is 76.3 Å². The summed E-state index contributed by atoms with van der Waals surface area (Å²) in [6.07, 6.45) is 10.8. The lowest BCUT2D eigenvalue weighted by Gasteiger charge is -2.36. The molecule has 2 aromatic heterocycles. The highest BCUT2D eigenvalue weighted by Gasteiger charge is 2.47. The van der Waals surface area contributed by atoms with Crippen LogP contribution in [0.4, 0.5) is 10.1 Å². The molecule has 1 aliphatic heterocycles. The molecule has 2 saturated carbocycles. The Morgan fingerprint density at radius 2 is 1.82 bits per heavy atom. The summed E-state index contributed by atoms with van der Waals surface area (Å²) in [5.41, 5.74) is 6.47. The van der Waals surface area contributed by atoms with Crippen molar-refractivity contribution in [3.63, 3.8) is 0 Å². The number of aromatic nitrogens is 2. The summed E-state index contributed by atoms with van der Waals surface area (Å²) in [4.78, 5) is 44.9. The zero-order valence-corrected chi connectivity index (χ0v) is 22.8. The van der Waals surface area contributed by atoms with Crippen LogP contribution in [-0.4, -0.2) is 62.5 Å². The number of carbonyl (C=O) groups excluding carboxylic acids is 2. The number of carboxylic acid groups (broad SMARTS) is 1. The fourth-order valence-corrected chi connectivity index (χ4v) is 7.31. The van der Waals surface area contributed by atoms with E-state index in [0.717, 1.165) is 44.9 Å². The largest absolute Gasteiger partial charge is 0.476 e. The highest BCUT2D eigenvalue weighted by molar-refractivity contribution is 6.32. The Morgan fingerprint density at radius 3 is 2.49 bits per heavy atom. The van der Waals surface area contributed by atoms with Crippen molar-refractivity contribution < 1.29 is 23.9 Å². The molecule has 0 spiro atoms. The molecular formula is C28H37ClFN5O4. The second-order valence-electron chi connectivity index (χ2n) is 11.4. The number of imidazole rings is 1. The maximum absolute atomic E-state index is 13.9. The van der Waals surface area contributed by atoms with E-state index in [0.29, 0.717) is 36.6 Å². The average Bonchev–Trinajstić information content (AvgIpc) is 3.54. The molecule has 39 heavy (non-hydrogen) atoms. The van der Waals surface area contributed by atoms with Crippen LogP contribution in [-0.2, 0) is 9.59 Å². The van der Waals surface area contributed by atoms with Gasteiger partial charge >= 0.3 is 5.97 Å². The van der Waals surface area contributed by atoms with E-state index in [-0.39, 0.29) is 40.4 Å². The van der Waals surface area contributed by atoms with Gasteiger partial charge in [-0.3, -0.25) is 14.0 Å². The molecule has 11 heteroatoms. The van der Waals surface area contributed by atoms with Crippen molar-refractivity contribution in [2.75, 3.05) is 18.5 Å². The van der Waals surface area contributed by atoms with Gasteiger partial charge in [0, 0.05) is 24.7 Å². The molecule has 3 fully saturated rings. The molecule has 2 amide bonds. The van der Waals surface area contributed by atoms with Gasteiger partial charge in [-0.1, -0.05) is 43.7 Å². The topological polar surface area (TPSA) is 130 Å². The molecule has 1 unspecified atom stereocenters. The summed E-state index contributed by atoms with van der Waals surface area (Å²) in [5, 5.41) is 12.3. The third kappa shape index (κ3) is 5.63. The molecule has 2 aromatic rings.